The van der Waals surface area contributed by atoms with Gasteiger partial charge in [0, 0.05) is 18.4 Å². The fraction of sp³-hybridized carbons (Fsp3) is 0.500. The summed E-state index contributed by atoms with van der Waals surface area (Å²) in [5, 5.41) is 5.36. The summed E-state index contributed by atoms with van der Waals surface area (Å²) >= 11 is 0. The molecule has 1 fully saturated rings. The van der Waals surface area contributed by atoms with Crippen molar-refractivity contribution < 1.29 is 23.1 Å². The Morgan fingerprint density at radius 1 is 1.35 bits per heavy atom. The van der Waals surface area contributed by atoms with Crippen molar-refractivity contribution in [3.05, 3.63) is 29.3 Å². The number of carbonyl (C=O) groups is 2. The highest BCUT2D eigenvalue weighted by Gasteiger charge is 2.41. The molecule has 5 nitrogen and oxygen atoms in total. The van der Waals surface area contributed by atoms with Gasteiger partial charge in [-0.15, -0.1) is 0 Å². The fourth-order valence-corrected chi connectivity index (χ4v) is 3.07. The molecule has 124 valence electrons. The normalized spacial score (nSPS) is 19.3. The first-order valence-electron chi connectivity index (χ1n) is 7.62. The number of rotatable bonds is 3. The number of ether oxygens (including phenoxy) is 1. The number of amides is 1. The molecule has 23 heavy (non-hydrogen) atoms. The zero-order valence-electron chi connectivity index (χ0n) is 12.5. The Hall–Kier alpha value is -2.02. The topological polar surface area (TPSA) is 67.4 Å². The minimum absolute atomic E-state index is 0.0725. The van der Waals surface area contributed by atoms with Gasteiger partial charge in [0.2, 0.25) is 0 Å². The summed E-state index contributed by atoms with van der Waals surface area (Å²) in [7, 11) is 0. The largest absolute Gasteiger partial charge is 0.486 e. The number of piperidine rings is 1. The number of carbonyl (C=O) groups excluding carboxylic acids is 2. The van der Waals surface area contributed by atoms with Gasteiger partial charge in [0.25, 0.3) is 12.3 Å². The van der Waals surface area contributed by atoms with Crippen molar-refractivity contribution in [1.82, 2.24) is 10.6 Å². The first-order valence-corrected chi connectivity index (χ1v) is 7.62. The van der Waals surface area contributed by atoms with Crippen molar-refractivity contribution in [2.24, 2.45) is 0 Å². The van der Waals surface area contributed by atoms with Crippen LogP contribution in [0.1, 0.15) is 40.0 Å². The quantitative estimate of drug-likeness (QED) is 0.889. The van der Waals surface area contributed by atoms with E-state index in [-0.39, 0.29) is 17.8 Å². The molecule has 0 atom stereocenters. The standard InChI is InChI=1S/C16H18F2N2O3/c17-14(18)9-20-15(22)10-1-2-13-11(7-10)12(21)8-16(23-13)3-5-19-6-4-16/h1-2,7,14,19H,3-6,8-9H2,(H,20,22). The van der Waals surface area contributed by atoms with Gasteiger partial charge >= 0.3 is 0 Å². The molecule has 0 aliphatic carbocycles. The number of alkyl halides is 2. The zero-order chi connectivity index (χ0) is 16.4. The van der Waals surface area contributed by atoms with Gasteiger partial charge in [-0.2, -0.15) is 0 Å². The highest BCUT2D eigenvalue weighted by Crippen LogP contribution is 2.38. The lowest BCUT2D eigenvalue weighted by molar-refractivity contribution is 0.0187. The van der Waals surface area contributed by atoms with Crippen LogP contribution in [-0.4, -0.2) is 43.4 Å². The lowest BCUT2D eigenvalue weighted by atomic mass is 9.83. The summed E-state index contributed by atoms with van der Waals surface area (Å²) in [5.74, 6) is -0.228. The summed E-state index contributed by atoms with van der Waals surface area (Å²) < 4.78 is 30.4. The van der Waals surface area contributed by atoms with Gasteiger partial charge in [0.05, 0.1) is 18.5 Å². The Bertz CT molecular complexity index is 628. The van der Waals surface area contributed by atoms with Crippen LogP contribution in [0.3, 0.4) is 0 Å². The number of Topliss-reactive ketones (excluding diaryl/α,β-unsaturated/α-hetero) is 1. The van der Waals surface area contributed by atoms with Crippen LogP contribution < -0.4 is 15.4 Å². The molecule has 1 spiro atoms. The first-order chi connectivity index (χ1) is 11.0. The number of benzene rings is 1. The van der Waals surface area contributed by atoms with Crippen molar-refractivity contribution in [2.45, 2.75) is 31.3 Å². The number of halogens is 2. The van der Waals surface area contributed by atoms with Crippen molar-refractivity contribution in [1.29, 1.82) is 0 Å². The summed E-state index contributed by atoms with van der Waals surface area (Å²) in [5.41, 5.74) is 0.0656. The molecule has 1 aromatic rings. The molecule has 0 aromatic heterocycles. The highest BCUT2D eigenvalue weighted by atomic mass is 19.3. The maximum absolute atomic E-state index is 12.4. The predicted molar refractivity (Wildman–Crippen MR) is 79.2 cm³/mol. The summed E-state index contributed by atoms with van der Waals surface area (Å²) in [6.07, 6.45) is -0.811. The second-order valence-electron chi connectivity index (χ2n) is 5.95. The Morgan fingerprint density at radius 3 is 2.78 bits per heavy atom. The Labute approximate surface area is 132 Å². The highest BCUT2D eigenvalue weighted by molar-refractivity contribution is 6.03. The number of fused-ring (bicyclic) bond motifs is 1. The number of ketones is 1. The molecule has 2 aliphatic heterocycles. The molecule has 7 heteroatoms. The van der Waals surface area contributed by atoms with Crippen LogP contribution in [0, 0.1) is 0 Å². The van der Waals surface area contributed by atoms with Crippen LogP contribution >= 0.6 is 0 Å². The smallest absolute Gasteiger partial charge is 0.255 e. The molecule has 3 rings (SSSR count). The molecule has 0 radical (unpaired) electrons. The predicted octanol–water partition coefficient (Wildman–Crippen LogP) is 1.77. The van der Waals surface area contributed by atoms with Gasteiger partial charge in [-0.05, 0) is 31.3 Å². The van der Waals surface area contributed by atoms with Gasteiger partial charge in [0.1, 0.15) is 11.4 Å². The second-order valence-corrected chi connectivity index (χ2v) is 5.95. The van der Waals surface area contributed by atoms with Crippen LogP contribution in [-0.2, 0) is 0 Å². The van der Waals surface area contributed by atoms with E-state index >= 15 is 0 Å². The van der Waals surface area contributed by atoms with Crippen molar-refractivity contribution in [3.8, 4) is 5.75 Å². The van der Waals surface area contributed by atoms with Crippen LogP contribution in [0.15, 0.2) is 18.2 Å². The SMILES string of the molecule is O=C(NCC(F)F)c1ccc2c(c1)C(=O)CC1(CCNCC1)O2. The Balaban J connectivity index is 1.80. The maximum atomic E-state index is 12.4. The van der Waals surface area contributed by atoms with E-state index in [1.54, 1.807) is 6.07 Å². The second kappa shape index (κ2) is 6.23. The third kappa shape index (κ3) is 3.34. The molecule has 1 amide bonds. The van der Waals surface area contributed by atoms with Gasteiger partial charge in [-0.3, -0.25) is 9.59 Å². The third-order valence-electron chi connectivity index (χ3n) is 4.28. The van der Waals surface area contributed by atoms with Crippen molar-refractivity contribution >= 4 is 11.7 Å². The van der Waals surface area contributed by atoms with E-state index in [1.807, 2.05) is 0 Å². The molecule has 0 unspecified atom stereocenters. The van der Waals surface area contributed by atoms with Gasteiger partial charge in [-0.25, -0.2) is 8.78 Å². The Morgan fingerprint density at radius 2 is 2.09 bits per heavy atom. The molecule has 2 heterocycles. The van der Waals surface area contributed by atoms with E-state index in [0.29, 0.717) is 11.3 Å². The van der Waals surface area contributed by atoms with E-state index in [9.17, 15) is 18.4 Å². The molecule has 1 saturated heterocycles. The number of hydrogen-bond acceptors (Lipinski definition) is 4. The maximum Gasteiger partial charge on any atom is 0.255 e. The summed E-state index contributed by atoms with van der Waals surface area (Å²) in [6, 6.07) is 4.49. The van der Waals surface area contributed by atoms with Crippen molar-refractivity contribution in [3.63, 3.8) is 0 Å². The van der Waals surface area contributed by atoms with Gasteiger partial charge < -0.3 is 15.4 Å². The van der Waals surface area contributed by atoms with E-state index in [1.165, 1.54) is 12.1 Å². The molecule has 0 bridgehead atoms. The molecular weight excluding hydrogens is 306 g/mol. The van der Waals surface area contributed by atoms with E-state index in [2.05, 4.69) is 10.6 Å². The molecule has 2 N–H and O–H groups in total. The molecule has 2 aliphatic rings. The third-order valence-corrected chi connectivity index (χ3v) is 4.28. The lowest BCUT2D eigenvalue weighted by Crippen LogP contribution is -2.49. The number of hydrogen-bond donors (Lipinski definition) is 2. The van der Waals surface area contributed by atoms with Gasteiger partial charge in [-0.1, -0.05) is 0 Å². The summed E-state index contributed by atoms with van der Waals surface area (Å²) in [6.45, 7) is 0.893. The Kier molecular flexibility index (Phi) is 4.30. The molecular formula is C16H18F2N2O3. The minimum Gasteiger partial charge on any atom is -0.486 e. The van der Waals surface area contributed by atoms with E-state index in [0.717, 1.165) is 25.9 Å². The van der Waals surface area contributed by atoms with Crippen LogP contribution in [0.25, 0.3) is 0 Å². The van der Waals surface area contributed by atoms with Crippen LogP contribution in [0.5, 0.6) is 5.75 Å². The average Bonchev–Trinajstić information content (AvgIpc) is 2.53. The van der Waals surface area contributed by atoms with E-state index in [4.69, 9.17) is 4.74 Å². The van der Waals surface area contributed by atoms with E-state index < -0.39 is 24.5 Å². The lowest BCUT2D eigenvalue weighted by Gasteiger charge is -2.40. The first kappa shape index (κ1) is 15.9. The zero-order valence-corrected chi connectivity index (χ0v) is 12.5. The summed E-state index contributed by atoms with van der Waals surface area (Å²) in [4.78, 5) is 24.3. The van der Waals surface area contributed by atoms with Crippen LogP contribution in [0.4, 0.5) is 8.78 Å². The number of nitrogens with one attached hydrogen (secondary N) is 2. The minimum atomic E-state index is -2.61. The fourth-order valence-electron chi connectivity index (χ4n) is 3.07. The molecule has 1 aromatic carbocycles. The van der Waals surface area contributed by atoms with Gasteiger partial charge in [0.15, 0.2) is 5.78 Å². The average molecular weight is 324 g/mol. The molecule has 0 saturated carbocycles. The monoisotopic (exact) mass is 324 g/mol. The van der Waals surface area contributed by atoms with Crippen LogP contribution in [0.2, 0.25) is 0 Å². The van der Waals surface area contributed by atoms with Crippen molar-refractivity contribution in [2.75, 3.05) is 19.6 Å².